The molecule has 0 saturated carbocycles. The first kappa shape index (κ1) is 13.9. The molecule has 0 fully saturated rings. The molecular weight excluding hydrogens is 286 g/mol. The van der Waals surface area contributed by atoms with Crippen LogP contribution in [0.25, 0.3) is 5.82 Å². The van der Waals surface area contributed by atoms with E-state index >= 15 is 0 Å². The van der Waals surface area contributed by atoms with Gasteiger partial charge in [-0.3, -0.25) is 14.6 Å². The molecule has 10 nitrogen and oxygen atoms in total. The summed E-state index contributed by atoms with van der Waals surface area (Å²) in [4.78, 5) is 12.5. The van der Waals surface area contributed by atoms with Gasteiger partial charge in [-0.25, -0.2) is 0 Å². The van der Waals surface area contributed by atoms with Gasteiger partial charge in [-0.1, -0.05) is 6.92 Å². The number of aromatic nitrogens is 8. The summed E-state index contributed by atoms with van der Waals surface area (Å²) in [5, 5.41) is 24.6. The van der Waals surface area contributed by atoms with Crippen LogP contribution in [0, 0.1) is 0 Å². The Labute approximate surface area is 125 Å². The third-order valence-corrected chi connectivity index (χ3v) is 3.37. The molecule has 0 bridgehead atoms. The molecule has 2 N–H and O–H groups in total. The van der Waals surface area contributed by atoms with Crippen molar-refractivity contribution < 1.29 is 4.79 Å². The molecule has 1 amide bonds. The van der Waals surface area contributed by atoms with E-state index in [-0.39, 0.29) is 11.9 Å². The molecule has 1 atom stereocenters. The van der Waals surface area contributed by atoms with Crippen LogP contribution in [0.3, 0.4) is 0 Å². The minimum Gasteiger partial charge on any atom is -0.344 e. The van der Waals surface area contributed by atoms with Crippen LogP contribution in [0.4, 0.5) is 0 Å². The summed E-state index contributed by atoms with van der Waals surface area (Å²) in [6, 6.07) is 1.74. The van der Waals surface area contributed by atoms with Gasteiger partial charge in [0.1, 0.15) is 11.9 Å². The maximum Gasteiger partial charge on any atom is 0.257 e. The zero-order valence-electron chi connectivity index (χ0n) is 12.1. The number of H-pyrrole nitrogens is 1. The average molecular weight is 301 g/mol. The smallest absolute Gasteiger partial charge is 0.257 e. The summed E-state index contributed by atoms with van der Waals surface area (Å²) in [5.41, 5.74) is 1.30. The lowest BCUT2D eigenvalue weighted by Gasteiger charge is -2.17. The van der Waals surface area contributed by atoms with Gasteiger partial charge in [0.25, 0.3) is 5.91 Å². The molecule has 3 heterocycles. The molecule has 22 heavy (non-hydrogen) atoms. The molecule has 0 radical (unpaired) electrons. The van der Waals surface area contributed by atoms with E-state index in [4.69, 9.17) is 0 Å². The van der Waals surface area contributed by atoms with Gasteiger partial charge in [-0.2, -0.15) is 14.9 Å². The van der Waals surface area contributed by atoms with Crippen LogP contribution in [0.2, 0.25) is 0 Å². The second kappa shape index (κ2) is 5.76. The summed E-state index contributed by atoms with van der Waals surface area (Å²) >= 11 is 0. The van der Waals surface area contributed by atoms with E-state index in [0.717, 1.165) is 12.1 Å². The molecule has 0 aliphatic rings. The molecule has 3 rings (SSSR count). The third-order valence-electron chi connectivity index (χ3n) is 3.37. The number of hydrogen-bond donors (Lipinski definition) is 2. The Kier molecular flexibility index (Phi) is 3.64. The topological polar surface area (TPSA) is 119 Å². The number of carbonyl (C=O) groups excluding carboxylic acids is 1. The lowest BCUT2D eigenvalue weighted by molar-refractivity contribution is 0.0934. The number of aryl methyl sites for hydroxylation is 1. The summed E-state index contributed by atoms with van der Waals surface area (Å²) in [6.45, 7) is 2.00. The first-order valence-electron chi connectivity index (χ1n) is 6.76. The SMILES string of the molecule is CC[C@H](NC(=O)c1cn[nH]c1-n1cnnn1)c1ccnn1C. The molecule has 3 aromatic heterocycles. The zero-order valence-corrected chi connectivity index (χ0v) is 12.1. The Morgan fingerprint density at radius 2 is 2.36 bits per heavy atom. The van der Waals surface area contributed by atoms with Crippen LogP contribution >= 0.6 is 0 Å². The normalized spacial score (nSPS) is 12.3. The monoisotopic (exact) mass is 301 g/mol. The minimum absolute atomic E-state index is 0.142. The van der Waals surface area contributed by atoms with E-state index in [9.17, 15) is 4.79 Å². The van der Waals surface area contributed by atoms with Gasteiger partial charge in [0.05, 0.1) is 17.9 Å². The number of rotatable bonds is 5. The highest BCUT2D eigenvalue weighted by Gasteiger charge is 2.21. The van der Waals surface area contributed by atoms with Crippen LogP contribution in [-0.2, 0) is 7.05 Å². The number of carbonyl (C=O) groups is 1. The van der Waals surface area contributed by atoms with E-state index < -0.39 is 0 Å². The van der Waals surface area contributed by atoms with Crippen molar-refractivity contribution in [3.8, 4) is 5.82 Å². The van der Waals surface area contributed by atoms with Crippen LogP contribution in [0.1, 0.15) is 35.4 Å². The molecule has 0 aliphatic carbocycles. The molecule has 0 aliphatic heterocycles. The molecule has 0 spiro atoms. The minimum atomic E-state index is -0.257. The molecule has 10 heteroatoms. The Hall–Kier alpha value is -3.04. The Morgan fingerprint density at radius 3 is 3.00 bits per heavy atom. The molecule has 3 aromatic rings. The fourth-order valence-electron chi connectivity index (χ4n) is 2.23. The lowest BCUT2D eigenvalue weighted by atomic mass is 10.1. The van der Waals surface area contributed by atoms with Crippen molar-refractivity contribution in [3.05, 3.63) is 36.0 Å². The van der Waals surface area contributed by atoms with E-state index in [1.165, 1.54) is 17.2 Å². The number of hydrogen-bond acceptors (Lipinski definition) is 6. The first-order chi connectivity index (χ1) is 10.7. The van der Waals surface area contributed by atoms with Crippen LogP contribution in [0.5, 0.6) is 0 Å². The van der Waals surface area contributed by atoms with Gasteiger partial charge in [-0.15, -0.1) is 5.10 Å². The molecular formula is C12H15N9O. The number of aromatic amines is 1. The van der Waals surface area contributed by atoms with E-state index in [2.05, 4.69) is 36.1 Å². The maximum absolute atomic E-state index is 12.5. The van der Waals surface area contributed by atoms with Crippen LogP contribution in [0.15, 0.2) is 24.8 Å². The quantitative estimate of drug-likeness (QED) is 0.684. The number of tetrazole rings is 1. The van der Waals surface area contributed by atoms with Crippen molar-refractivity contribution in [2.24, 2.45) is 7.05 Å². The third kappa shape index (κ3) is 2.45. The van der Waals surface area contributed by atoms with Gasteiger partial charge in [-0.05, 0) is 22.9 Å². The van der Waals surface area contributed by atoms with Crippen molar-refractivity contribution in [3.63, 3.8) is 0 Å². The van der Waals surface area contributed by atoms with Crippen molar-refractivity contribution in [2.45, 2.75) is 19.4 Å². The van der Waals surface area contributed by atoms with Crippen molar-refractivity contribution >= 4 is 5.91 Å². The average Bonchev–Trinajstić information content (AvgIpc) is 3.24. The fourth-order valence-corrected chi connectivity index (χ4v) is 2.23. The highest BCUT2D eigenvalue weighted by atomic mass is 16.1. The maximum atomic E-state index is 12.5. The Morgan fingerprint density at radius 1 is 1.50 bits per heavy atom. The summed E-state index contributed by atoms with van der Waals surface area (Å²) < 4.78 is 3.10. The Bertz CT molecular complexity index is 757. The number of amides is 1. The van der Waals surface area contributed by atoms with Gasteiger partial charge in [0.15, 0.2) is 5.82 Å². The standard InChI is InChI=1S/C12H15N9O/c1-3-9(10-4-5-15-20(10)2)16-12(22)8-6-13-17-11(8)21-7-14-18-19-21/h4-7,9H,3H2,1-2H3,(H,13,17)(H,16,22)/t9-/m0/s1. The van der Waals surface area contributed by atoms with Gasteiger partial charge in [0, 0.05) is 13.2 Å². The van der Waals surface area contributed by atoms with Crippen molar-refractivity contribution in [2.75, 3.05) is 0 Å². The molecule has 0 aromatic carbocycles. The predicted molar refractivity (Wildman–Crippen MR) is 75.0 cm³/mol. The zero-order chi connectivity index (χ0) is 15.5. The van der Waals surface area contributed by atoms with Crippen molar-refractivity contribution in [1.29, 1.82) is 0 Å². The first-order valence-corrected chi connectivity index (χ1v) is 6.76. The predicted octanol–water partition coefficient (Wildman–Crippen LogP) is -0.000000000000000666. The van der Waals surface area contributed by atoms with E-state index in [1.54, 1.807) is 10.9 Å². The van der Waals surface area contributed by atoms with Crippen LogP contribution in [-0.4, -0.2) is 46.1 Å². The largest absolute Gasteiger partial charge is 0.344 e. The molecule has 114 valence electrons. The lowest BCUT2D eigenvalue weighted by Crippen LogP contribution is -2.30. The van der Waals surface area contributed by atoms with Gasteiger partial charge >= 0.3 is 0 Å². The van der Waals surface area contributed by atoms with Gasteiger partial charge < -0.3 is 5.32 Å². The summed E-state index contributed by atoms with van der Waals surface area (Å²) in [6.07, 6.45) is 5.28. The molecule has 0 unspecified atom stereocenters. The second-order valence-corrected chi connectivity index (χ2v) is 4.70. The summed E-state index contributed by atoms with van der Waals surface area (Å²) in [5.74, 6) is 0.162. The van der Waals surface area contributed by atoms with Crippen molar-refractivity contribution in [1.82, 2.24) is 45.5 Å². The number of nitrogens with one attached hydrogen (secondary N) is 2. The Balaban J connectivity index is 1.83. The fraction of sp³-hybridized carbons (Fsp3) is 0.333. The van der Waals surface area contributed by atoms with E-state index in [0.29, 0.717) is 11.4 Å². The second-order valence-electron chi connectivity index (χ2n) is 4.70. The summed E-state index contributed by atoms with van der Waals surface area (Å²) in [7, 11) is 1.84. The molecule has 0 saturated heterocycles. The highest BCUT2D eigenvalue weighted by molar-refractivity contribution is 5.97. The van der Waals surface area contributed by atoms with Crippen LogP contribution < -0.4 is 5.32 Å². The number of nitrogens with zero attached hydrogens (tertiary/aromatic N) is 7. The highest BCUT2D eigenvalue weighted by Crippen LogP contribution is 2.17. The van der Waals surface area contributed by atoms with E-state index in [1.807, 2.05) is 20.0 Å². The van der Waals surface area contributed by atoms with Gasteiger partial charge in [0.2, 0.25) is 0 Å².